The molecule has 0 aliphatic heterocycles. The van der Waals surface area contributed by atoms with Crippen molar-refractivity contribution in [3.63, 3.8) is 0 Å². The Balaban J connectivity index is 1.75. The largest absolute Gasteiger partial charge is 0.508 e. The molecular weight excluding hydrogens is 264 g/mol. The summed E-state index contributed by atoms with van der Waals surface area (Å²) in [5.41, 5.74) is 2.27. The molecule has 0 spiro atoms. The van der Waals surface area contributed by atoms with Gasteiger partial charge in [-0.1, -0.05) is 13.0 Å². The Morgan fingerprint density at radius 1 is 1.29 bits per heavy atom. The van der Waals surface area contributed by atoms with Crippen LogP contribution in [0.25, 0.3) is 0 Å². The number of Topliss-reactive ketones (excluding diaryl/α,β-unsaturated/α-hetero) is 1. The predicted octanol–water partition coefficient (Wildman–Crippen LogP) is 2.79. The Bertz CT molecular complexity index is 608. The van der Waals surface area contributed by atoms with Crippen LogP contribution in [0.15, 0.2) is 18.2 Å². The minimum absolute atomic E-state index is 0.116. The van der Waals surface area contributed by atoms with Crippen LogP contribution in [0.3, 0.4) is 0 Å². The first-order chi connectivity index (χ1) is 10.0. The van der Waals surface area contributed by atoms with Gasteiger partial charge in [0, 0.05) is 17.8 Å². The molecule has 3 aliphatic rings. The lowest BCUT2D eigenvalue weighted by atomic mass is 9.55. The van der Waals surface area contributed by atoms with E-state index in [4.69, 9.17) is 0 Å². The van der Waals surface area contributed by atoms with Crippen LogP contribution >= 0.6 is 0 Å². The number of carbonyl (C=O) groups is 1. The highest BCUT2D eigenvalue weighted by Gasteiger charge is 2.58. The highest BCUT2D eigenvalue weighted by molar-refractivity contribution is 5.88. The van der Waals surface area contributed by atoms with E-state index in [1.165, 1.54) is 11.1 Å². The van der Waals surface area contributed by atoms with Crippen molar-refractivity contribution in [3.05, 3.63) is 29.3 Å². The molecule has 2 saturated carbocycles. The maximum atomic E-state index is 12.3. The molecule has 21 heavy (non-hydrogen) atoms. The lowest BCUT2D eigenvalue weighted by Gasteiger charge is -2.49. The number of hydrogen-bond acceptors (Lipinski definition) is 3. The Morgan fingerprint density at radius 2 is 2.10 bits per heavy atom. The van der Waals surface area contributed by atoms with E-state index in [1.807, 2.05) is 12.1 Å². The second-order valence-electron chi connectivity index (χ2n) is 7.37. The summed E-state index contributed by atoms with van der Waals surface area (Å²) < 4.78 is 0. The number of aryl methyl sites for hydroxylation is 1. The van der Waals surface area contributed by atoms with Crippen molar-refractivity contribution in [1.29, 1.82) is 0 Å². The van der Waals surface area contributed by atoms with E-state index in [-0.39, 0.29) is 17.1 Å². The summed E-state index contributed by atoms with van der Waals surface area (Å²) in [7, 11) is 0. The van der Waals surface area contributed by atoms with Gasteiger partial charge in [0.15, 0.2) is 0 Å². The van der Waals surface area contributed by atoms with Crippen molar-refractivity contribution in [2.24, 2.45) is 17.3 Å². The molecule has 0 aromatic heterocycles. The molecular formula is C18H22O3. The van der Waals surface area contributed by atoms with Gasteiger partial charge in [0.1, 0.15) is 11.5 Å². The number of phenols is 1. The molecule has 3 heteroatoms. The van der Waals surface area contributed by atoms with Gasteiger partial charge in [-0.3, -0.25) is 4.79 Å². The molecule has 3 nitrogen and oxygen atoms in total. The van der Waals surface area contributed by atoms with E-state index < -0.39 is 6.10 Å². The average Bonchev–Trinajstić information content (AvgIpc) is 2.68. The van der Waals surface area contributed by atoms with Gasteiger partial charge in [-0.15, -0.1) is 0 Å². The van der Waals surface area contributed by atoms with Crippen molar-refractivity contribution >= 4 is 5.78 Å². The number of carbonyl (C=O) groups excluding carboxylic acids is 1. The SMILES string of the molecule is CC12CCC3c4ccc(O)cc4CCC3C1C(O)CC2=O. The van der Waals surface area contributed by atoms with Crippen LogP contribution in [-0.4, -0.2) is 22.1 Å². The normalized spacial score (nSPS) is 41.3. The third-order valence-corrected chi connectivity index (χ3v) is 6.41. The van der Waals surface area contributed by atoms with Crippen LogP contribution in [0.2, 0.25) is 0 Å². The molecule has 0 radical (unpaired) electrons. The quantitative estimate of drug-likeness (QED) is 0.771. The highest BCUT2D eigenvalue weighted by atomic mass is 16.3. The third-order valence-electron chi connectivity index (χ3n) is 6.41. The Labute approximate surface area is 125 Å². The number of aromatic hydroxyl groups is 1. The molecule has 0 bridgehead atoms. The fourth-order valence-corrected chi connectivity index (χ4v) is 5.40. The molecule has 5 atom stereocenters. The van der Waals surface area contributed by atoms with Gasteiger partial charge in [0.25, 0.3) is 0 Å². The topological polar surface area (TPSA) is 57.5 Å². The van der Waals surface area contributed by atoms with Crippen LogP contribution in [0, 0.1) is 17.3 Å². The third kappa shape index (κ3) is 1.73. The number of rotatable bonds is 0. The molecule has 5 unspecified atom stereocenters. The lowest BCUT2D eigenvalue weighted by molar-refractivity contribution is -0.129. The van der Waals surface area contributed by atoms with E-state index in [9.17, 15) is 15.0 Å². The minimum Gasteiger partial charge on any atom is -0.508 e. The molecule has 0 amide bonds. The maximum absolute atomic E-state index is 12.3. The van der Waals surface area contributed by atoms with E-state index in [2.05, 4.69) is 6.92 Å². The standard InChI is InChI=1S/C18H22O3/c1-18-7-6-13-12-5-3-11(19)8-10(12)2-4-14(13)17(18)15(20)9-16(18)21/h3,5,8,13-15,17,19-20H,2,4,6-7,9H2,1H3. The Hall–Kier alpha value is -1.35. The van der Waals surface area contributed by atoms with Gasteiger partial charge < -0.3 is 10.2 Å². The maximum Gasteiger partial charge on any atom is 0.141 e. The summed E-state index contributed by atoms with van der Waals surface area (Å²) in [5.74, 6) is 1.56. The predicted molar refractivity (Wildman–Crippen MR) is 79.1 cm³/mol. The Morgan fingerprint density at radius 3 is 2.90 bits per heavy atom. The van der Waals surface area contributed by atoms with Crippen LogP contribution in [0.1, 0.15) is 49.7 Å². The van der Waals surface area contributed by atoms with Crippen molar-refractivity contribution in [3.8, 4) is 5.75 Å². The van der Waals surface area contributed by atoms with Gasteiger partial charge in [0.2, 0.25) is 0 Å². The first-order valence-electron chi connectivity index (χ1n) is 8.04. The zero-order chi connectivity index (χ0) is 14.8. The number of benzene rings is 1. The minimum atomic E-state index is -0.464. The molecule has 2 fully saturated rings. The highest BCUT2D eigenvalue weighted by Crippen LogP contribution is 2.59. The number of phenolic OH excluding ortho intramolecular Hbond substituents is 1. The van der Waals surface area contributed by atoms with Gasteiger partial charge in [-0.2, -0.15) is 0 Å². The lowest BCUT2D eigenvalue weighted by Crippen LogP contribution is -2.45. The molecule has 112 valence electrons. The number of aliphatic hydroxyl groups is 1. The van der Waals surface area contributed by atoms with E-state index in [0.717, 1.165) is 25.7 Å². The molecule has 4 rings (SSSR count). The first-order valence-corrected chi connectivity index (χ1v) is 8.04. The first kappa shape index (κ1) is 13.3. The van der Waals surface area contributed by atoms with Crippen LogP contribution in [0.4, 0.5) is 0 Å². The van der Waals surface area contributed by atoms with Crippen molar-refractivity contribution < 1.29 is 15.0 Å². The molecule has 2 N–H and O–H groups in total. The molecule has 0 saturated heterocycles. The number of aliphatic hydroxyl groups excluding tert-OH is 1. The van der Waals surface area contributed by atoms with E-state index >= 15 is 0 Å². The van der Waals surface area contributed by atoms with Gasteiger partial charge >= 0.3 is 0 Å². The summed E-state index contributed by atoms with van der Waals surface area (Å²) in [6.45, 7) is 2.07. The van der Waals surface area contributed by atoms with E-state index in [1.54, 1.807) is 6.07 Å². The zero-order valence-electron chi connectivity index (χ0n) is 12.4. The van der Waals surface area contributed by atoms with Crippen LogP contribution < -0.4 is 0 Å². The number of hydrogen-bond donors (Lipinski definition) is 2. The van der Waals surface area contributed by atoms with Crippen LogP contribution in [-0.2, 0) is 11.2 Å². The van der Waals surface area contributed by atoms with Gasteiger partial charge in [-0.05, 0) is 60.8 Å². The smallest absolute Gasteiger partial charge is 0.141 e. The number of fused-ring (bicyclic) bond motifs is 5. The Kier molecular flexibility index (Phi) is 2.74. The summed E-state index contributed by atoms with van der Waals surface area (Å²) in [6, 6.07) is 5.70. The summed E-state index contributed by atoms with van der Waals surface area (Å²) in [5, 5.41) is 20.1. The summed E-state index contributed by atoms with van der Waals surface area (Å²) in [4.78, 5) is 12.3. The van der Waals surface area contributed by atoms with Crippen molar-refractivity contribution in [1.82, 2.24) is 0 Å². The fourth-order valence-electron chi connectivity index (χ4n) is 5.40. The van der Waals surface area contributed by atoms with Gasteiger partial charge in [0.05, 0.1) is 6.10 Å². The molecule has 0 heterocycles. The van der Waals surface area contributed by atoms with E-state index in [0.29, 0.717) is 24.0 Å². The summed E-state index contributed by atoms with van der Waals surface area (Å²) >= 11 is 0. The second kappa shape index (κ2) is 4.33. The fraction of sp³-hybridized carbons (Fsp3) is 0.611. The molecule has 1 aromatic rings. The second-order valence-corrected chi connectivity index (χ2v) is 7.37. The summed E-state index contributed by atoms with van der Waals surface area (Å²) in [6.07, 6.45) is 3.74. The molecule has 3 aliphatic carbocycles. The van der Waals surface area contributed by atoms with Crippen LogP contribution in [0.5, 0.6) is 5.75 Å². The van der Waals surface area contributed by atoms with Crippen molar-refractivity contribution in [2.45, 2.75) is 51.0 Å². The monoisotopic (exact) mass is 286 g/mol. The van der Waals surface area contributed by atoms with Gasteiger partial charge in [-0.25, -0.2) is 0 Å². The molecule has 1 aromatic carbocycles. The number of ketones is 1. The average molecular weight is 286 g/mol. The zero-order valence-corrected chi connectivity index (χ0v) is 12.4. The van der Waals surface area contributed by atoms with Crippen molar-refractivity contribution in [2.75, 3.05) is 0 Å².